The second kappa shape index (κ2) is 10.0. The van der Waals surface area contributed by atoms with Crippen molar-refractivity contribution >= 4 is 6.09 Å². The maximum atomic E-state index is 11.8. The summed E-state index contributed by atoms with van der Waals surface area (Å²) >= 11 is 0. The van der Waals surface area contributed by atoms with Crippen LogP contribution in [-0.2, 0) is 11.3 Å². The maximum absolute atomic E-state index is 11.8. The molecule has 144 valence electrons. The van der Waals surface area contributed by atoms with Crippen molar-refractivity contribution in [2.45, 2.75) is 25.6 Å². The zero-order valence-corrected chi connectivity index (χ0v) is 15.5. The van der Waals surface area contributed by atoms with E-state index in [4.69, 9.17) is 4.74 Å². The van der Waals surface area contributed by atoms with E-state index in [2.05, 4.69) is 15.2 Å². The van der Waals surface area contributed by atoms with Gasteiger partial charge in [0.15, 0.2) is 0 Å². The van der Waals surface area contributed by atoms with E-state index < -0.39 is 6.10 Å². The molecule has 6 heteroatoms. The molecule has 2 N–H and O–H groups in total. The fourth-order valence-corrected chi connectivity index (χ4v) is 3.41. The van der Waals surface area contributed by atoms with Crippen LogP contribution in [0.3, 0.4) is 0 Å². The minimum atomic E-state index is -0.452. The number of nitrogens with one attached hydrogen (secondary N) is 1. The molecule has 2 heterocycles. The Morgan fingerprint density at radius 1 is 1.22 bits per heavy atom. The molecule has 6 nitrogen and oxygen atoms in total. The van der Waals surface area contributed by atoms with Gasteiger partial charge in [-0.15, -0.1) is 0 Å². The van der Waals surface area contributed by atoms with E-state index in [9.17, 15) is 9.90 Å². The SMILES string of the molecule is O=C(NCCN1CCC([C@H](O)c2cccnc2)CC1)OCc1ccccc1. The lowest BCUT2D eigenvalue weighted by Crippen LogP contribution is -2.40. The van der Waals surface area contributed by atoms with E-state index in [1.165, 1.54) is 0 Å². The summed E-state index contributed by atoms with van der Waals surface area (Å²) in [7, 11) is 0. The van der Waals surface area contributed by atoms with Crippen molar-refractivity contribution in [3.63, 3.8) is 0 Å². The van der Waals surface area contributed by atoms with Crippen LogP contribution in [0, 0.1) is 5.92 Å². The summed E-state index contributed by atoms with van der Waals surface area (Å²) in [5.41, 5.74) is 1.86. The number of hydrogen-bond donors (Lipinski definition) is 2. The van der Waals surface area contributed by atoms with Crippen molar-refractivity contribution in [3.05, 3.63) is 66.0 Å². The normalized spacial score (nSPS) is 16.6. The van der Waals surface area contributed by atoms with Gasteiger partial charge in [0.25, 0.3) is 0 Å². The zero-order chi connectivity index (χ0) is 18.9. The molecule has 3 rings (SSSR count). The highest BCUT2D eigenvalue weighted by Gasteiger charge is 2.26. The second-order valence-corrected chi connectivity index (χ2v) is 6.90. The molecular formula is C21H27N3O3. The van der Waals surface area contributed by atoms with Gasteiger partial charge < -0.3 is 20.1 Å². The highest BCUT2D eigenvalue weighted by atomic mass is 16.5. The average molecular weight is 369 g/mol. The molecule has 1 aromatic heterocycles. The third-order valence-electron chi connectivity index (χ3n) is 5.01. The Morgan fingerprint density at radius 2 is 2.00 bits per heavy atom. The van der Waals surface area contributed by atoms with Crippen LogP contribution in [0.4, 0.5) is 4.79 Å². The van der Waals surface area contributed by atoms with Gasteiger partial charge in [0.1, 0.15) is 6.61 Å². The summed E-state index contributed by atoms with van der Waals surface area (Å²) in [6, 6.07) is 13.4. The Morgan fingerprint density at radius 3 is 2.70 bits per heavy atom. The number of benzene rings is 1. The highest BCUT2D eigenvalue weighted by Crippen LogP contribution is 2.30. The molecule has 1 aliphatic rings. The standard InChI is InChI=1S/C21H27N3O3/c25-20(19-7-4-10-22-15-19)18-8-12-24(13-9-18)14-11-23-21(26)27-16-17-5-2-1-3-6-17/h1-7,10,15,18,20,25H,8-9,11-14,16H2,(H,23,26)/t20-/m0/s1. The number of carbonyl (C=O) groups excluding carboxylic acids is 1. The third-order valence-corrected chi connectivity index (χ3v) is 5.01. The van der Waals surface area contributed by atoms with Crippen LogP contribution in [0.25, 0.3) is 0 Å². The van der Waals surface area contributed by atoms with Gasteiger partial charge in [0.05, 0.1) is 6.10 Å². The van der Waals surface area contributed by atoms with E-state index in [0.29, 0.717) is 6.54 Å². The first kappa shape index (κ1) is 19.3. The average Bonchev–Trinajstić information content (AvgIpc) is 2.74. The molecule has 1 saturated heterocycles. The van der Waals surface area contributed by atoms with Crippen molar-refractivity contribution in [1.29, 1.82) is 0 Å². The number of aromatic nitrogens is 1. The first-order chi connectivity index (χ1) is 13.2. The molecular weight excluding hydrogens is 342 g/mol. The van der Waals surface area contributed by atoms with Crippen LogP contribution in [0.5, 0.6) is 0 Å². The van der Waals surface area contributed by atoms with Crippen LogP contribution in [0.2, 0.25) is 0 Å². The minimum absolute atomic E-state index is 0.259. The molecule has 1 aromatic carbocycles. The zero-order valence-electron chi connectivity index (χ0n) is 15.5. The molecule has 0 unspecified atom stereocenters. The van der Waals surface area contributed by atoms with E-state index >= 15 is 0 Å². The number of aliphatic hydroxyl groups is 1. The first-order valence-corrected chi connectivity index (χ1v) is 9.47. The molecule has 0 spiro atoms. The molecule has 2 aromatic rings. The number of piperidine rings is 1. The van der Waals surface area contributed by atoms with Gasteiger partial charge >= 0.3 is 6.09 Å². The van der Waals surface area contributed by atoms with Crippen LogP contribution in [0.1, 0.15) is 30.1 Å². The molecule has 0 saturated carbocycles. The molecule has 0 bridgehead atoms. The Bertz CT molecular complexity index is 688. The number of nitrogens with zero attached hydrogens (tertiary/aromatic N) is 2. The van der Waals surface area contributed by atoms with Crippen molar-refractivity contribution in [2.75, 3.05) is 26.2 Å². The number of pyridine rings is 1. The Kier molecular flexibility index (Phi) is 7.19. The summed E-state index contributed by atoms with van der Waals surface area (Å²) in [6.45, 7) is 3.47. The summed E-state index contributed by atoms with van der Waals surface area (Å²) < 4.78 is 5.21. The fourth-order valence-electron chi connectivity index (χ4n) is 3.41. The van der Waals surface area contributed by atoms with E-state index in [1.807, 2.05) is 42.5 Å². The van der Waals surface area contributed by atoms with Crippen molar-refractivity contribution in [3.8, 4) is 0 Å². The molecule has 1 aliphatic heterocycles. The molecule has 1 amide bonds. The molecule has 27 heavy (non-hydrogen) atoms. The van der Waals surface area contributed by atoms with Crippen LogP contribution < -0.4 is 5.32 Å². The highest BCUT2D eigenvalue weighted by molar-refractivity contribution is 5.67. The number of alkyl carbamates (subject to hydrolysis) is 1. The van der Waals surface area contributed by atoms with Gasteiger partial charge in [-0.1, -0.05) is 36.4 Å². The summed E-state index contributed by atoms with van der Waals surface area (Å²) in [6.07, 6.45) is 4.49. The van der Waals surface area contributed by atoms with E-state index in [1.54, 1.807) is 12.4 Å². The summed E-state index contributed by atoms with van der Waals surface area (Å²) in [5, 5.41) is 13.3. The number of rotatable bonds is 7. The van der Waals surface area contributed by atoms with Crippen molar-refractivity contribution in [2.24, 2.45) is 5.92 Å². The molecule has 0 radical (unpaired) electrons. The Labute approximate surface area is 160 Å². The largest absolute Gasteiger partial charge is 0.445 e. The van der Waals surface area contributed by atoms with Gasteiger partial charge in [-0.3, -0.25) is 4.98 Å². The lowest BCUT2D eigenvalue weighted by atomic mass is 9.88. The maximum Gasteiger partial charge on any atom is 0.407 e. The van der Waals surface area contributed by atoms with E-state index in [0.717, 1.165) is 43.6 Å². The number of ether oxygens (including phenoxy) is 1. The number of carbonyl (C=O) groups is 1. The monoisotopic (exact) mass is 369 g/mol. The summed E-state index contributed by atoms with van der Waals surface area (Å²) in [4.78, 5) is 18.2. The topological polar surface area (TPSA) is 74.7 Å². The van der Waals surface area contributed by atoms with Gasteiger partial charge in [-0.2, -0.15) is 0 Å². The second-order valence-electron chi connectivity index (χ2n) is 6.90. The van der Waals surface area contributed by atoms with Crippen molar-refractivity contribution < 1.29 is 14.6 Å². The van der Waals surface area contributed by atoms with Crippen LogP contribution in [-0.4, -0.2) is 47.3 Å². The Balaban J connectivity index is 1.31. The van der Waals surface area contributed by atoms with E-state index in [-0.39, 0.29) is 18.6 Å². The minimum Gasteiger partial charge on any atom is -0.445 e. The third kappa shape index (κ3) is 6.05. The molecule has 1 fully saturated rings. The van der Waals surface area contributed by atoms with Crippen molar-refractivity contribution in [1.82, 2.24) is 15.2 Å². The van der Waals surface area contributed by atoms with Gasteiger partial charge in [-0.25, -0.2) is 4.79 Å². The number of aliphatic hydroxyl groups excluding tert-OH is 1. The van der Waals surface area contributed by atoms with Crippen LogP contribution in [0.15, 0.2) is 54.9 Å². The number of hydrogen-bond acceptors (Lipinski definition) is 5. The number of amides is 1. The van der Waals surface area contributed by atoms with Gasteiger partial charge in [0.2, 0.25) is 0 Å². The quantitative estimate of drug-likeness (QED) is 0.785. The predicted molar refractivity (Wildman–Crippen MR) is 103 cm³/mol. The molecule has 0 aliphatic carbocycles. The number of likely N-dealkylation sites (tertiary alicyclic amines) is 1. The predicted octanol–water partition coefficient (Wildman–Crippen LogP) is 2.75. The first-order valence-electron chi connectivity index (χ1n) is 9.47. The Hall–Kier alpha value is -2.44. The molecule has 1 atom stereocenters. The fraction of sp³-hybridized carbons (Fsp3) is 0.429. The van der Waals surface area contributed by atoms with Gasteiger partial charge in [-0.05, 0) is 49.0 Å². The lowest BCUT2D eigenvalue weighted by Gasteiger charge is -2.34. The van der Waals surface area contributed by atoms with Gasteiger partial charge in [0, 0.05) is 25.5 Å². The van der Waals surface area contributed by atoms with Crippen LogP contribution >= 0.6 is 0 Å². The summed E-state index contributed by atoms with van der Waals surface area (Å²) in [5.74, 6) is 0.259. The lowest BCUT2D eigenvalue weighted by molar-refractivity contribution is 0.0587. The smallest absolute Gasteiger partial charge is 0.407 e.